The first-order valence-corrected chi connectivity index (χ1v) is 9.67. The molecule has 2 aromatic rings. The highest BCUT2D eigenvalue weighted by Crippen LogP contribution is 2.33. The van der Waals surface area contributed by atoms with Crippen molar-refractivity contribution < 1.29 is 14.0 Å². The van der Waals surface area contributed by atoms with Crippen molar-refractivity contribution in [2.45, 2.75) is 44.1 Å². The Kier molecular flexibility index (Phi) is 4.23. The third-order valence-electron chi connectivity index (χ3n) is 5.19. The second-order valence-corrected chi connectivity index (χ2v) is 8.27. The van der Waals surface area contributed by atoms with Crippen LogP contribution >= 0.6 is 11.3 Å². The van der Waals surface area contributed by atoms with Crippen LogP contribution in [0.1, 0.15) is 48.2 Å². The number of halogens is 1. The summed E-state index contributed by atoms with van der Waals surface area (Å²) < 4.78 is 14.2. The maximum absolute atomic E-state index is 13.3. The van der Waals surface area contributed by atoms with Gasteiger partial charge in [0.25, 0.3) is 5.91 Å². The van der Waals surface area contributed by atoms with E-state index in [1.54, 1.807) is 12.1 Å². The van der Waals surface area contributed by atoms with Crippen LogP contribution in [0.15, 0.2) is 24.3 Å². The second-order valence-electron chi connectivity index (χ2n) is 7.19. The van der Waals surface area contributed by atoms with Crippen LogP contribution in [0.2, 0.25) is 0 Å². The van der Waals surface area contributed by atoms with Gasteiger partial charge in [0.2, 0.25) is 5.91 Å². The third-order valence-corrected chi connectivity index (χ3v) is 6.31. The molecule has 2 amide bonds. The van der Waals surface area contributed by atoms with Gasteiger partial charge in [-0.25, -0.2) is 4.39 Å². The molecule has 2 aliphatic carbocycles. The maximum Gasteiger partial charge on any atom is 0.262 e. The summed E-state index contributed by atoms with van der Waals surface area (Å²) in [4.78, 5) is 26.0. The van der Waals surface area contributed by atoms with E-state index in [0.717, 1.165) is 17.5 Å². The number of carbonyl (C=O) groups excluding carboxylic acids is 2. The van der Waals surface area contributed by atoms with Gasteiger partial charge in [0.15, 0.2) is 0 Å². The van der Waals surface area contributed by atoms with Gasteiger partial charge in [-0.05, 0) is 61.3 Å². The number of rotatable bonds is 5. The highest BCUT2D eigenvalue weighted by atomic mass is 32.1. The van der Waals surface area contributed by atoms with Gasteiger partial charge in [0, 0.05) is 11.2 Å². The van der Waals surface area contributed by atoms with E-state index in [1.165, 1.54) is 36.3 Å². The molecular formula is C19H21FN2O2S. The molecule has 25 heavy (non-hydrogen) atoms. The normalized spacial score (nSPS) is 19.1. The molecule has 2 aliphatic rings. The van der Waals surface area contributed by atoms with Crippen molar-refractivity contribution in [3.8, 4) is 0 Å². The minimum Gasteiger partial charge on any atom is -0.354 e. The Bertz CT molecular complexity index is 822. The number of benzene rings is 1. The number of hydrogen-bond acceptors (Lipinski definition) is 3. The third kappa shape index (κ3) is 3.40. The molecule has 0 spiro atoms. The van der Waals surface area contributed by atoms with Gasteiger partial charge < -0.3 is 10.6 Å². The fourth-order valence-electron chi connectivity index (χ4n) is 3.52. The van der Waals surface area contributed by atoms with E-state index >= 15 is 0 Å². The zero-order valence-corrected chi connectivity index (χ0v) is 14.8. The molecule has 132 valence electrons. The van der Waals surface area contributed by atoms with Gasteiger partial charge in [-0.2, -0.15) is 0 Å². The molecule has 1 aromatic carbocycles. The lowest BCUT2D eigenvalue weighted by Gasteiger charge is -2.28. The predicted molar refractivity (Wildman–Crippen MR) is 96.2 cm³/mol. The summed E-state index contributed by atoms with van der Waals surface area (Å²) in [7, 11) is 0. The minimum atomic E-state index is -0.798. The molecule has 0 saturated heterocycles. The lowest BCUT2D eigenvalue weighted by molar-refractivity contribution is -0.127. The molecule has 0 radical (unpaired) electrons. The van der Waals surface area contributed by atoms with Gasteiger partial charge in [-0.15, -0.1) is 11.3 Å². The largest absolute Gasteiger partial charge is 0.354 e. The number of nitrogens with one attached hydrogen (secondary N) is 2. The first kappa shape index (κ1) is 16.5. The van der Waals surface area contributed by atoms with Crippen LogP contribution in [0.3, 0.4) is 0 Å². The molecule has 4 nitrogen and oxygen atoms in total. The van der Waals surface area contributed by atoms with Crippen LogP contribution < -0.4 is 10.6 Å². The predicted octanol–water partition coefficient (Wildman–Crippen LogP) is 3.61. The topological polar surface area (TPSA) is 58.2 Å². The molecule has 0 bridgehead atoms. The van der Waals surface area contributed by atoms with Gasteiger partial charge >= 0.3 is 0 Å². The summed E-state index contributed by atoms with van der Waals surface area (Å²) in [6, 6.07) is 6.20. The smallest absolute Gasteiger partial charge is 0.262 e. The summed E-state index contributed by atoms with van der Waals surface area (Å²) in [6.45, 7) is 0.707. The Balaban J connectivity index is 1.52. The van der Waals surface area contributed by atoms with E-state index in [0.29, 0.717) is 35.6 Å². The van der Waals surface area contributed by atoms with Gasteiger partial charge in [-0.1, -0.05) is 12.8 Å². The maximum atomic E-state index is 13.3. The van der Waals surface area contributed by atoms with Crippen molar-refractivity contribution in [1.82, 2.24) is 10.6 Å². The Morgan fingerprint density at radius 1 is 1.20 bits per heavy atom. The van der Waals surface area contributed by atoms with Crippen molar-refractivity contribution in [1.29, 1.82) is 0 Å². The summed E-state index contributed by atoms with van der Waals surface area (Å²) in [6.07, 6.45) is 5.59. The average Bonchev–Trinajstić information content (AvgIpc) is 3.13. The van der Waals surface area contributed by atoms with Crippen molar-refractivity contribution in [3.05, 3.63) is 35.0 Å². The lowest BCUT2D eigenvalue weighted by Crippen LogP contribution is -2.57. The van der Waals surface area contributed by atoms with E-state index in [-0.39, 0.29) is 17.6 Å². The van der Waals surface area contributed by atoms with Crippen molar-refractivity contribution in [2.24, 2.45) is 5.92 Å². The number of hydrogen-bond donors (Lipinski definition) is 2. The van der Waals surface area contributed by atoms with E-state index in [2.05, 4.69) is 10.6 Å². The zero-order valence-electron chi connectivity index (χ0n) is 13.9. The molecule has 6 heteroatoms. The molecule has 2 N–H and O–H groups in total. The number of carbonyl (C=O) groups is 2. The van der Waals surface area contributed by atoms with E-state index < -0.39 is 5.54 Å². The van der Waals surface area contributed by atoms with Gasteiger partial charge in [-0.3, -0.25) is 9.59 Å². The molecule has 2 fully saturated rings. The molecule has 2 saturated carbocycles. The van der Waals surface area contributed by atoms with Crippen LogP contribution in [-0.4, -0.2) is 23.9 Å². The van der Waals surface area contributed by atoms with Crippen LogP contribution in [0, 0.1) is 11.7 Å². The van der Waals surface area contributed by atoms with Crippen molar-refractivity contribution >= 4 is 33.2 Å². The summed E-state index contributed by atoms with van der Waals surface area (Å²) in [5.41, 5.74) is -0.798. The number of fused-ring (bicyclic) bond motifs is 1. The Morgan fingerprint density at radius 3 is 2.68 bits per heavy atom. The minimum absolute atomic E-state index is 0.0580. The van der Waals surface area contributed by atoms with Crippen molar-refractivity contribution in [3.63, 3.8) is 0 Å². The Labute approximate surface area is 149 Å². The quantitative estimate of drug-likeness (QED) is 0.856. The summed E-state index contributed by atoms with van der Waals surface area (Å²) in [5.74, 6) is -0.0120. The molecular weight excluding hydrogens is 339 g/mol. The Hall–Kier alpha value is -1.95. The fraction of sp³-hybridized carbons (Fsp3) is 0.474. The average molecular weight is 360 g/mol. The highest BCUT2D eigenvalue weighted by molar-refractivity contribution is 7.20. The molecule has 4 rings (SSSR count). The molecule has 0 unspecified atom stereocenters. The van der Waals surface area contributed by atoms with Crippen molar-refractivity contribution in [2.75, 3.05) is 6.54 Å². The zero-order chi connectivity index (χ0) is 17.4. The van der Waals surface area contributed by atoms with Crippen LogP contribution in [-0.2, 0) is 4.79 Å². The monoisotopic (exact) mass is 360 g/mol. The van der Waals surface area contributed by atoms with E-state index in [9.17, 15) is 14.0 Å². The van der Waals surface area contributed by atoms with Gasteiger partial charge in [0.1, 0.15) is 11.4 Å². The first-order valence-electron chi connectivity index (χ1n) is 8.86. The highest BCUT2D eigenvalue weighted by Gasteiger charge is 2.43. The fourth-order valence-corrected chi connectivity index (χ4v) is 4.46. The number of thiophene rings is 1. The van der Waals surface area contributed by atoms with Crippen LogP contribution in [0.25, 0.3) is 10.1 Å². The SMILES string of the molecule is O=C(NC1(C(=O)NCC2CC2)CCCC1)c1cc2cc(F)ccc2s1. The van der Waals surface area contributed by atoms with Gasteiger partial charge in [0.05, 0.1) is 4.88 Å². The Morgan fingerprint density at radius 2 is 1.96 bits per heavy atom. The molecule has 0 aliphatic heterocycles. The lowest BCUT2D eigenvalue weighted by atomic mass is 9.96. The van der Waals surface area contributed by atoms with E-state index in [1.807, 2.05) is 0 Å². The molecule has 1 heterocycles. The second kappa shape index (κ2) is 6.41. The first-order chi connectivity index (χ1) is 12.1. The standard InChI is InChI=1S/C19H21FN2O2S/c20-14-5-6-15-13(9-14)10-16(25-15)17(23)22-19(7-1-2-8-19)18(24)21-11-12-3-4-12/h5-6,9-10,12H,1-4,7-8,11H2,(H,21,24)(H,22,23). The molecule has 1 aromatic heterocycles. The number of amides is 2. The summed E-state index contributed by atoms with van der Waals surface area (Å²) >= 11 is 1.33. The molecule has 0 atom stereocenters. The van der Waals surface area contributed by atoms with E-state index in [4.69, 9.17) is 0 Å². The van der Waals surface area contributed by atoms with Crippen LogP contribution in [0.4, 0.5) is 4.39 Å². The summed E-state index contributed by atoms with van der Waals surface area (Å²) in [5, 5.41) is 6.73. The van der Waals surface area contributed by atoms with Crippen LogP contribution in [0.5, 0.6) is 0 Å².